The van der Waals surface area contributed by atoms with Crippen LogP contribution in [0.5, 0.6) is 0 Å². The summed E-state index contributed by atoms with van der Waals surface area (Å²) in [5.41, 5.74) is 1.31. The van der Waals surface area contributed by atoms with Crippen molar-refractivity contribution in [3.8, 4) is 0 Å². The van der Waals surface area contributed by atoms with Gasteiger partial charge in [-0.05, 0) is 52.8 Å². The molecular formula is C14H13Br2NS. The van der Waals surface area contributed by atoms with Crippen molar-refractivity contribution in [2.75, 3.05) is 7.05 Å². The molecule has 2 aromatic rings. The normalized spacial score (nSPS) is 10.6. The number of halogens is 2. The molecule has 0 spiro atoms. The zero-order valence-electron chi connectivity index (χ0n) is 9.91. The zero-order valence-corrected chi connectivity index (χ0v) is 13.9. The van der Waals surface area contributed by atoms with E-state index in [4.69, 9.17) is 0 Å². The summed E-state index contributed by atoms with van der Waals surface area (Å²) in [4.78, 5) is 2.50. The van der Waals surface area contributed by atoms with Gasteiger partial charge in [0.2, 0.25) is 0 Å². The summed E-state index contributed by atoms with van der Waals surface area (Å²) in [7, 11) is 1.97. The molecule has 0 aromatic heterocycles. The topological polar surface area (TPSA) is 12.0 Å². The van der Waals surface area contributed by atoms with Gasteiger partial charge in [-0.15, -0.1) is 0 Å². The molecule has 0 saturated heterocycles. The van der Waals surface area contributed by atoms with E-state index < -0.39 is 0 Å². The van der Waals surface area contributed by atoms with Crippen LogP contribution in [0.2, 0.25) is 0 Å². The first-order chi connectivity index (χ1) is 8.70. The van der Waals surface area contributed by atoms with Gasteiger partial charge in [0.25, 0.3) is 0 Å². The Hall–Kier alpha value is -0.290. The highest BCUT2D eigenvalue weighted by molar-refractivity contribution is 9.10. The molecule has 0 unspecified atom stereocenters. The van der Waals surface area contributed by atoms with Gasteiger partial charge in [0.1, 0.15) is 0 Å². The Morgan fingerprint density at radius 1 is 1.06 bits per heavy atom. The summed E-state index contributed by atoms with van der Waals surface area (Å²) in [6.07, 6.45) is 0. The van der Waals surface area contributed by atoms with E-state index in [1.54, 1.807) is 11.8 Å². The van der Waals surface area contributed by atoms with Crippen molar-refractivity contribution in [3.05, 3.63) is 57.0 Å². The number of hydrogen-bond acceptors (Lipinski definition) is 2. The summed E-state index contributed by atoms with van der Waals surface area (Å²) in [5, 5.41) is 3.20. The van der Waals surface area contributed by atoms with E-state index in [0.29, 0.717) is 0 Å². The molecule has 2 rings (SSSR count). The van der Waals surface area contributed by atoms with E-state index in [9.17, 15) is 0 Å². The molecule has 0 heterocycles. The van der Waals surface area contributed by atoms with Crippen molar-refractivity contribution in [3.63, 3.8) is 0 Å². The molecule has 0 aliphatic heterocycles. The van der Waals surface area contributed by atoms with Crippen LogP contribution in [0.25, 0.3) is 0 Å². The van der Waals surface area contributed by atoms with Gasteiger partial charge in [-0.1, -0.05) is 45.9 Å². The van der Waals surface area contributed by atoms with E-state index in [-0.39, 0.29) is 0 Å². The maximum atomic E-state index is 3.59. The smallest absolute Gasteiger partial charge is 0.0314 e. The lowest BCUT2D eigenvalue weighted by Gasteiger charge is -2.10. The van der Waals surface area contributed by atoms with E-state index in [2.05, 4.69) is 73.6 Å². The minimum Gasteiger partial charge on any atom is -0.316 e. The first-order valence-electron chi connectivity index (χ1n) is 5.56. The van der Waals surface area contributed by atoms with Gasteiger partial charge in [-0.25, -0.2) is 0 Å². The molecule has 0 atom stereocenters. The van der Waals surface area contributed by atoms with Gasteiger partial charge in [0.05, 0.1) is 0 Å². The second kappa shape index (κ2) is 6.75. The van der Waals surface area contributed by atoms with E-state index in [0.717, 1.165) is 15.5 Å². The molecular weight excluding hydrogens is 374 g/mol. The Kier molecular flexibility index (Phi) is 5.30. The molecule has 0 aliphatic rings. The van der Waals surface area contributed by atoms with Gasteiger partial charge in [-0.2, -0.15) is 0 Å². The third-order valence-electron chi connectivity index (χ3n) is 2.45. The van der Waals surface area contributed by atoms with Crippen LogP contribution in [-0.4, -0.2) is 7.05 Å². The third-order valence-corrected chi connectivity index (χ3v) is 5.08. The molecule has 0 amide bonds. The zero-order chi connectivity index (χ0) is 13.0. The van der Waals surface area contributed by atoms with E-state index >= 15 is 0 Å². The first kappa shape index (κ1) is 14.1. The Morgan fingerprint density at radius 3 is 2.56 bits per heavy atom. The van der Waals surface area contributed by atoms with Crippen LogP contribution < -0.4 is 5.32 Å². The molecule has 0 radical (unpaired) electrons. The van der Waals surface area contributed by atoms with Crippen LogP contribution in [0, 0.1) is 0 Å². The summed E-state index contributed by atoms with van der Waals surface area (Å²) in [6, 6.07) is 14.7. The van der Waals surface area contributed by atoms with Crippen LogP contribution in [0.4, 0.5) is 0 Å². The fourth-order valence-corrected chi connectivity index (χ4v) is 3.65. The molecule has 0 fully saturated rings. The molecule has 94 valence electrons. The maximum absolute atomic E-state index is 3.59. The second-order valence-electron chi connectivity index (χ2n) is 3.81. The predicted octanol–water partition coefficient (Wildman–Crippen LogP) is 5.08. The minimum absolute atomic E-state index is 0.875. The van der Waals surface area contributed by atoms with Gasteiger partial charge < -0.3 is 5.32 Å². The molecule has 0 bridgehead atoms. The lowest BCUT2D eigenvalue weighted by molar-refractivity contribution is 0.803. The Bertz CT molecular complexity index is 543. The van der Waals surface area contributed by atoms with Crippen molar-refractivity contribution in [2.45, 2.75) is 16.3 Å². The van der Waals surface area contributed by atoms with Crippen LogP contribution in [0.15, 0.2) is 61.2 Å². The standard InChI is InChI=1S/C14H13Br2NS/c1-17-9-10-6-7-11(15)8-14(10)18-13-5-3-2-4-12(13)16/h2-8,17H,9H2,1H3. The number of rotatable bonds is 4. The summed E-state index contributed by atoms with van der Waals surface area (Å²) in [5.74, 6) is 0. The van der Waals surface area contributed by atoms with Gasteiger partial charge in [0.15, 0.2) is 0 Å². The van der Waals surface area contributed by atoms with Crippen LogP contribution >= 0.6 is 43.6 Å². The summed E-state index contributed by atoms with van der Waals surface area (Å²) >= 11 is 8.90. The fourth-order valence-electron chi connectivity index (χ4n) is 1.61. The Labute approximate surface area is 129 Å². The van der Waals surface area contributed by atoms with Crippen molar-refractivity contribution >= 4 is 43.6 Å². The lowest BCUT2D eigenvalue weighted by atomic mass is 10.2. The third kappa shape index (κ3) is 3.60. The van der Waals surface area contributed by atoms with Gasteiger partial charge in [-0.3, -0.25) is 0 Å². The average molecular weight is 387 g/mol. The van der Waals surface area contributed by atoms with Crippen molar-refractivity contribution in [1.82, 2.24) is 5.32 Å². The number of nitrogens with one attached hydrogen (secondary N) is 1. The van der Waals surface area contributed by atoms with E-state index in [1.165, 1.54) is 15.4 Å². The number of benzene rings is 2. The van der Waals surface area contributed by atoms with E-state index in [1.807, 2.05) is 13.1 Å². The first-order valence-corrected chi connectivity index (χ1v) is 7.96. The highest BCUT2D eigenvalue weighted by Crippen LogP contribution is 2.36. The molecule has 4 heteroatoms. The van der Waals surface area contributed by atoms with Crippen LogP contribution in [-0.2, 0) is 6.54 Å². The highest BCUT2D eigenvalue weighted by atomic mass is 79.9. The monoisotopic (exact) mass is 385 g/mol. The molecule has 0 saturated carbocycles. The summed E-state index contributed by atoms with van der Waals surface area (Å²) in [6.45, 7) is 0.875. The predicted molar refractivity (Wildman–Crippen MR) is 85.2 cm³/mol. The van der Waals surface area contributed by atoms with Gasteiger partial charge in [0, 0.05) is 25.3 Å². The molecule has 0 aliphatic carbocycles. The van der Waals surface area contributed by atoms with Gasteiger partial charge >= 0.3 is 0 Å². The SMILES string of the molecule is CNCc1ccc(Br)cc1Sc1ccccc1Br. The molecule has 18 heavy (non-hydrogen) atoms. The van der Waals surface area contributed by atoms with Crippen molar-refractivity contribution < 1.29 is 0 Å². The Morgan fingerprint density at radius 2 is 1.83 bits per heavy atom. The molecule has 2 aromatic carbocycles. The Balaban J connectivity index is 2.33. The number of hydrogen-bond donors (Lipinski definition) is 1. The minimum atomic E-state index is 0.875. The van der Waals surface area contributed by atoms with Crippen LogP contribution in [0.1, 0.15) is 5.56 Å². The average Bonchev–Trinajstić information content (AvgIpc) is 2.36. The maximum Gasteiger partial charge on any atom is 0.0314 e. The second-order valence-corrected chi connectivity index (χ2v) is 6.67. The highest BCUT2D eigenvalue weighted by Gasteiger charge is 2.07. The van der Waals surface area contributed by atoms with Crippen LogP contribution in [0.3, 0.4) is 0 Å². The largest absolute Gasteiger partial charge is 0.316 e. The van der Waals surface area contributed by atoms with Crippen molar-refractivity contribution in [2.24, 2.45) is 0 Å². The molecule has 1 N–H and O–H groups in total. The quantitative estimate of drug-likeness (QED) is 0.785. The van der Waals surface area contributed by atoms with Crippen molar-refractivity contribution in [1.29, 1.82) is 0 Å². The summed E-state index contributed by atoms with van der Waals surface area (Å²) < 4.78 is 2.24. The lowest BCUT2D eigenvalue weighted by Crippen LogP contribution is -2.06. The fraction of sp³-hybridized carbons (Fsp3) is 0.143. The molecule has 1 nitrogen and oxygen atoms in total.